The lowest BCUT2D eigenvalue weighted by Gasteiger charge is -2.40. The van der Waals surface area contributed by atoms with Crippen LogP contribution in [0.25, 0.3) is 6.08 Å². The lowest BCUT2D eigenvalue weighted by atomic mass is 9.69. The molecule has 1 aliphatic heterocycles. The van der Waals surface area contributed by atoms with Crippen LogP contribution in [0, 0.1) is 17.8 Å². The maximum Gasteiger partial charge on any atom is 0.337 e. The molecule has 0 unspecified atom stereocenters. The van der Waals surface area contributed by atoms with Crippen molar-refractivity contribution in [3.8, 4) is 0 Å². The van der Waals surface area contributed by atoms with Gasteiger partial charge < -0.3 is 9.64 Å². The zero-order chi connectivity index (χ0) is 22.3. The highest BCUT2D eigenvalue weighted by Crippen LogP contribution is 2.41. The van der Waals surface area contributed by atoms with Gasteiger partial charge >= 0.3 is 5.97 Å². The maximum atomic E-state index is 13.8. The number of amides is 1. The van der Waals surface area contributed by atoms with Crippen molar-refractivity contribution in [2.45, 2.75) is 77.0 Å². The first-order valence-electron chi connectivity index (χ1n) is 12.8. The van der Waals surface area contributed by atoms with Gasteiger partial charge in [0, 0.05) is 19.0 Å². The number of ether oxygens (including phenoxy) is 1. The number of piperidine rings is 1. The largest absolute Gasteiger partial charge is 0.465 e. The van der Waals surface area contributed by atoms with E-state index in [4.69, 9.17) is 4.74 Å². The SMILES string of the molecule is COC(=O)c1ccc(C=C2CCN(C(=O)C(C3CCCCC3)C3CCCCC3)CC2)cc1. The van der Waals surface area contributed by atoms with Gasteiger partial charge in [-0.3, -0.25) is 4.79 Å². The van der Waals surface area contributed by atoms with E-state index in [0.717, 1.165) is 31.5 Å². The van der Waals surface area contributed by atoms with E-state index in [1.165, 1.54) is 76.9 Å². The molecule has 4 heteroatoms. The molecule has 0 radical (unpaired) electrons. The molecule has 4 nitrogen and oxygen atoms in total. The molecule has 2 saturated carbocycles. The van der Waals surface area contributed by atoms with E-state index in [2.05, 4.69) is 11.0 Å². The highest BCUT2D eigenvalue weighted by molar-refractivity contribution is 5.89. The quantitative estimate of drug-likeness (QED) is 0.511. The average molecular weight is 438 g/mol. The van der Waals surface area contributed by atoms with Gasteiger partial charge in [-0.2, -0.15) is 0 Å². The number of hydrogen-bond acceptors (Lipinski definition) is 3. The second-order valence-electron chi connectivity index (χ2n) is 10.1. The molecule has 1 heterocycles. The van der Waals surface area contributed by atoms with E-state index in [9.17, 15) is 9.59 Å². The van der Waals surface area contributed by atoms with Crippen molar-refractivity contribution in [2.75, 3.05) is 20.2 Å². The molecular formula is C28H39NO3. The maximum absolute atomic E-state index is 13.8. The van der Waals surface area contributed by atoms with Gasteiger partial charge in [0.2, 0.25) is 5.91 Å². The predicted molar refractivity (Wildman–Crippen MR) is 128 cm³/mol. The van der Waals surface area contributed by atoms with E-state index < -0.39 is 0 Å². The molecule has 0 atom stereocenters. The smallest absolute Gasteiger partial charge is 0.337 e. The number of nitrogens with zero attached hydrogens (tertiary/aromatic N) is 1. The lowest BCUT2D eigenvalue weighted by molar-refractivity contribution is -0.141. The van der Waals surface area contributed by atoms with Crippen LogP contribution >= 0.6 is 0 Å². The molecule has 0 spiro atoms. The molecule has 0 N–H and O–H groups in total. The van der Waals surface area contributed by atoms with Crippen molar-refractivity contribution in [3.63, 3.8) is 0 Å². The fourth-order valence-corrected chi connectivity index (χ4v) is 6.21. The van der Waals surface area contributed by atoms with Crippen LogP contribution in [-0.2, 0) is 9.53 Å². The van der Waals surface area contributed by atoms with Crippen LogP contribution in [0.4, 0.5) is 0 Å². The van der Waals surface area contributed by atoms with Gasteiger partial charge in [0.1, 0.15) is 0 Å². The summed E-state index contributed by atoms with van der Waals surface area (Å²) in [6.07, 6.45) is 17.1. The monoisotopic (exact) mass is 437 g/mol. The standard InChI is InChI=1S/C28H39NO3/c1-32-28(31)25-14-12-21(13-15-25)20-22-16-18-29(19-17-22)27(30)26(23-8-4-2-5-9-23)24-10-6-3-7-11-24/h12-15,20,23-24,26H,2-11,16-19H2,1H3. The number of carbonyl (C=O) groups is 2. The topological polar surface area (TPSA) is 46.6 Å². The first-order chi connectivity index (χ1) is 15.7. The van der Waals surface area contributed by atoms with Crippen LogP contribution in [0.15, 0.2) is 29.8 Å². The van der Waals surface area contributed by atoms with Crippen molar-refractivity contribution in [1.82, 2.24) is 4.90 Å². The summed E-state index contributed by atoms with van der Waals surface area (Å²) in [5, 5.41) is 0. The Morgan fingerprint density at radius 3 is 1.91 bits per heavy atom. The van der Waals surface area contributed by atoms with Crippen molar-refractivity contribution in [2.24, 2.45) is 17.8 Å². The Morgan fingerprint density at radius 2 is 1.41 bits per heavy atom. The van der Waals surface area contributed by atoms with E-state index in [-0.39, 0.29) is 11.9 Å². The number of benzene rings is 1. The third kappa shape index (κ3) is 5.63. The molecule has 32 heavy (non-hydrogen) atoms. The van der Waals surface area contributed by atoms with Gasteiger partial charge in [0.15, 0.2) is 0 Å². The molecule has 1 aromatic rings. The third-order valence-corrected chi connectivity index (χ3v) is 8.02. The van der Waals surface area contributed by atoms with Crippen LogP contribution in [-0.4, -0.2) is 37.0 Å². The Hall–Kier alpha value is -2.10. The molecule has 174 valence electrons. The number of carbonyl (C=O) groups excluding carboxylic acids is 2. The van der Waals surface area contributed by atoms with Crippen LogP contribution in [0.1, 0.15) is 93.0 Å². The molecule has 0 aromatic heterocycles. The normalized spacial score (nSPS) is 20.9. The van der Waals surface area contributed by atoms with Crippen LogP contribution in [0.3, 0.4) is 0 Å². The van der Waals surface area contributed by atoms with Crippen LogP contribution in [0.2, 0.25) is 0 Å². The number of hydrogen-bond donors (Lipinski definition) is 0. The van der Waals surface area contributed by atoms with Gasteiger partial charge in [-0.05, 0) is 68.1 Å². The minimum atomic E-state index is -0.304. The predicted octanol–water partition coefficient (Wildman–Crippen LogP) is 6.26. The number of esters is 1. The number of likely N-dealkylation sites (tertiary alicyclic amines) is 1. The van der Waals surface area contributed by atoms with Crippen LogP contribution < -0.4 is 0 Å². The zero-order valence-electron chi connectivity index (χ0n) is 19.7. The lowest BCUT2D eigenvalue weighted by Crippen LogP contribution is -2.45. The summed E-state index contributed by atoms with van der Waals surface area (Å²) in [5.41, 5.74) is 3.08. The minimum absolute atomic E-state index is 0.270. The summed E-state index contributed by atoms with van der Waals surface area (Å²) < 4.78 is 4.78. The Kier molecular flexibility index (Phi) is 8.05. The molecule has 1 amide bonds. The Morgan fingerprint density at radius 1 is 0.875 bits per heavy atom. The first kappa shape index (κ1) is 23.1. The van der Waals surface area contributed by atoms with Gasteiger partial charge in [0.25, 0.3) is 0 Å². The van der Waals surface area contributed by atoms with E-state index in [1.807, 2.05) is 24.3 Å². The third-order valence-electron chi connectivity index (χ3n) is 8.02. The molecular weight excluding hydrogens is 398 g/mol. The summed E-state index contributed by atoms with van der Waals surface area (Å²) >= 11 is 0. The van der Waals surface area contributed by atoms with Crippen LogP contribution in [0.5, 0.6) is 0 Å². The van der Waals surface area contributed by atoms with E-state index >= 15 is 0 Å². The second-order valence-corrected chi connectivity index (χ2v) is 10.1. The molecule has 0 bridgehead atoms. The van der Waals surface area contributed by atoms with E-state index in [1.54, 1.807) is 0 Å². The number of rotatable bonds is 5. The fraction of sp³-hybridized carbons (Fsp3) is 0.643. The summed E-state index contributed by atoms with van der Waals surface area (Å²) in [4.78, 5) is 27.6. The minimum Gasteiger partial charge on any atom is -0.465 e. The summed E-state index contributed by atoms with van der Waals surface area (Å²) in [6.45, 7) is 1.70. The Balaban J connectivity index is 1.38. The van der Waals surface area contributed by atoms with Crippen molar-refractivity contribution in [1.29, 1.82) is 0 Å². The van der Waals surface area contributed by atoms with Gasteiger partial charge in [-0.1, -0.05) is 62.3 Å². The second kappa shape index (κ2) is 11.2. The molecule has 1 saturated heterocycles. The molecule has 3 fully saturated rings. The van der Waals surface area contributed by atoms with Crippen molar-refractivity contribution in [3.05, 3.63) is 41.0 Å². The van der Waals surface area contributed by atoms with E-state index in [0.29, 0.717) is 23.3 Å². The molecule has 1 aromatic carbocycles. The highest BCUT2D eigenvalue weighted by atomic mass is 16.5. The molecule has 2 aliphatic carbocycles. The Bertz CT molecular complexity index is 772. The number of methoxy groups -OCH3 is 1. The summed E-state index contributed by atoms with van der Waals surface area (Å²) in [6, 6.07) is 7.57. The average Bonchev–Trinajstić information content (AvgIpc) is 2.86. The van der Waals surface area contributed by atoms with Gasteiger partial charge in [0.05, 0.1) is 12.7 Å². The summed E-state index contributed by atoms with van der Waals surface area (Å²) in [5.74, 6) is 1.66. The fourth-order valence-electron chi connectivity index (χ4n) is 6.21. The van der Waals surface area contributed by atoms with Gasteiger partial charge in [-0.15, -0.1) is 0 Å². The molecule has 4 rings (SSSR count). The Labute approximate surface area is 193 Å². The summed E-state index contributed by atoms with van der Waals surface area (Å²) in [7, 11) is 1.40. The van der Waals surface area contributed by atoms with Gasteiger partial charge in [-0.25, -0.2) is 4.79 Å². The zero-order valence-corrected chi connectivity index (χ0v) is 19.7. The first-order valence-corrected chi connectivity index (χ1v) is 12.8. The molecule has 3 aliphatic rings. The highest BCUT2D eigenvalue weighted by Gasteiger charge is 2.38. The van der Waals surface area contributed by atoms with Crippen molar-refractivity contribution < 1.29 is 14.3 Å². The van der Waals surface area contributed by atoms with Crippen molar-refractivity contribution >= 4 is 18.0 Å².